The molecular formula is C15H19NO3. The molecule has 2 saturated heterocycles. The lowest BCUT2D eigenvalue weighted by atomic mass is 9.93. The lowest BCUT2D eigenvalue weighted by Crippen LogP contribution is -2.57. The number of methoxy groups -OCH3 is 1. The Bertz CT molecular complexity index is 463. The van der Waals surface area contributed by atoms with E-state index < -0.39 is 0 Å². The van der Waals surface area contributed by atoms with E-state index in [9.17, 15) is 0 Å². The molecule has 0 radical (unpaired) electrons. The zero-order chi connectivity index (χ0) is 13.2. The van der Waals surface area contributed by atoms with Crippen LogP contribution in [0.15, 0.2) is 35.9 Å². The van der Waals surface area contributed by atoms with Crippen molar-refractivity contribution in [2.75, 3.05) is 31.8 Å². The van der Waals surface area contributed by atoms with Crippen LogP contribution >= 0.6 is 0 Å². The SMILES string of the molecule is C/C=C1/CN(c2ccc(OC)cc2)C1C1OCCO1. The summed E-state index contributed by atoms with van der Waals surface area (Å²) in [7, 11) is 1.68. The lowest BCUT2D eigenvalue weighted by Gasteiger charge is -2.47. The Balaban J connectivity index is 1.79. The summed E-state index contributed by atoms with van der Waals surface area (Å²) >= 11 is 0. The van der Waals surface area contributed by atoms with Gasteiger partial charge in [0.15, 0.2) is 6.29 Å². The molecule has 1 aromatic rings. The molecule has 1 unspecified atom stereocenters. The van der Waals surface area contributed by atoms with Crippen molar-refractivity contribution < 1.29 is 14.2 Å². The van der Waals surface area contributed by atoms with Crippen LogP contribution in [0.2, 0.25) is 0 Å². The molecule has 0 aromatic heterocycles. The van der Waals surface area contributed by atoms with E-state index in [0.717, 1.165) is 12.3 Å². The third-order valence-corrected chi connectivity index (χ3v) is 3.75. The monoisotopic (exact) mass is 261 g/mol. The molecule has 3 rings (SSSR count). The first-order valence-electron chi connectivity index (χ1n) is 6.62. The molecule has 1 atom stereocenters. The molecule has 19 heavy (non-hydrogen) atoms. The van der Waals surface area contributed by atoms with Gasteiger partial charge in [0.1, 0.15) is 11.8 Å². The molecule has 2 aliphatic heterocycles. The predicted octanol–water partition coefficient (Wildman–Crippen LogP) is 2.20. The van der Waals surface area contributed by atoms with Crippen LogP contribution < -0.4 is 9.64 Å². The number of nitrogens with zero attached hydrogens (tertiary/aromatic N) is 1. The summed E-state index contributed by atoms with van der Waals surface area (Å²) in [5, 5.41) is 0. The number of allylic oxidation sites excluding steroid dienone is 1. The second kappa shape index (κ2) is 5.23. The fourth-order valence-corrected chi connectivity index (χ4v) is 2.64. The second-order valence-electron chi connectivity index (χ2n) is 4.74. The third kappa shape index (κ3) is 2.22. The first kappa shape index (κ1) is 12.5. The van der Waals surface area contributed by atoms with E-state index in [1.165, 1.54) is 11.3 Å². The largest absolute Gasteiger partial charge is 0.497 e. The van der Waals surface area contributed by atoms with Gasteiger partial charge in [-0.2, -0.15) is 0 Å². The fourth-order valence-electron chi connectivity index (χ4n) is 2.64. The molecule has 0 N–H and O–H groups in total. The van der Waals surface area contributed by atoms with Crippen LogP contribution in [0.4, 0.5) is 5.69 Å². The Kier molecular flexibility index (Phi) is 3.44. The van der Waals surface area contributed by atoms with E-state index in [2.05, 4.69) is 30.0 Å². The smallest absolute Gasteiger partial charge is 0.181 e. The summed E-state index contributed by atoms with van der Waals surface area (Å²) in [5.74, 6) is 0.875. The molecule has 4 nitrogen and oxygen atoms in total. The molecule has 0 bridgehead atoms. The van der Waals surface area contributed by atoms with Crippen molar-refractivity contribution in [3.8, 4) is 5.75 Å². The molecule has 4 heteroatoms. The molecule has 2 fully saturated rings. The first-order chi connectivity index (χ1) is 9.33. The highest BCUT2D eigenvalue weighted by Crippen LogP contribution is 2.35. The van der Waals surface area contributed by atoms with Gasteiger partial charge < -0.3 is 19.1 Å². The number of anilines is 1. The number of hydrogen-bond acceptors (Lipinski definition) is 4. The van der Waals surface area contributed by atoms with Crippen LogP contribution in [0.5, 0.6) is 5.75 Å². The minimum Gasteiger partial charge on any atom is -0.497 e. The zero-order valence-corrected chi connectivity index (χ0v) is 11.3. The molecular weight excluding hydrogens is 242 g/mol. The Morgan fingerprint density at radius 3 is 2.47 bits per heavy atom. The maximum absolute atomic E-state index is 5.66. The fraction of sp³-hybridized carbons (Fsp3) is 0.467. The number of rotatable bonds is 3. The number of ether oxygens (including phenoxy) is 3. The molecule has 0 amide bonds. The van der Waals surface area contributed by atoms with Gasteiger partial charge in [0.05, 0.1) is 20.3 Å². The predicted molar refractivity (Wildman–Crippen MR) is 73.6 cm³/mol. The number of hydrogen-bond donors (Lipinski definition) is 0. The van der Waals surface area contributed by atoms with Gasteiger partial charge in [-0.05, 0) is 36.8 Å². The van der Waals surface area contributed by atoms with Crippen molar-refractivity contribution in [1.82, 2.24) is 0 Å². The van der Waals surface area contributed by atoms with E-state index >= 15 is 0 Å². The van der Waals surface area contributed by atoms with Gasteiger partial charge in [-0.3, -0.25) is 0 Å². The Morgan fingerprint density at radius 1 is 1.21 bits per heavy atom. The Labute approximate surface area is 113 Å². The van der Waals surface area contributed by atoms with Gasteiger partial charge in [0.2, 0.25) is 0 Å². The summed E-state index contributed by atoms with van der Waals surface area (Å²) in [6, 6.07) is 8.33. The molecule has 2 heterocycles. The lowest BCUT2D eigenvalue weighted by molar-refractivity contribution is -0.0591. The van der Waals surface area contributed by atoms with E-state index in [1.54, 1.807) is 7.11 Å². The highest BCUT2D eigenvalue weighted by molar-refractivity contribution is 5.58. The van der Waals surface area contributed by atoms with E-state index in [1.807, 2.05) is 12.1 Å². The van der Waals surface area contributed by atoms with E-state index in [-0.39, 0.29) is 12.3 Å². The topological polar surface area (TPSA) is 30.9 Å². The Morgan fingerprint density at radius 2 is 1.89 bits per heavy atom. The Hall–Kier alpha value is -1.52. The van der Waals surface area contributed by atoms with Gasteiger partial charge in [-0.15, -0.1) is 0 Å². The number of benzene rings is 1. The second-order valence-corrected chi connectivity index (χ2v) is 4.74. The van der Waals surface area contributed by atoms with Crippen LogP contribution in [-0.2, 0) is 9.47 Å². The van der Waals surface area contributed by atoms with E-state index in [0.29, 0.717) is 13.2 Å². The van der Waals surface area contributed by atoms with Crippen molar-refractivity contribution in [2.24, 2.45) is 0 Å². The summed E-state index contributed by atoms with van der Waals surface area (Å²) in [5.41, 5.74) is 2.55. The van der Waals surface area contributed by atoms with Crippen LogP contribution in [0.25, 0.3) is 0 Å². The molecule has 0 spiro atoms. The standard InChI is InChI=1S/C15H19NO3/c1-3-11-10-16(14(11)15-18-8-9-19-15)12-4-6-13(17-2)7-5-12/h3-7,14-15H,8-10H2,1-2H3/b11-3-. The molecule has 1 aromatic carbocycles. The van der Waals surface area contributed by atoms with Crippen LogP contribution in [-0.4, -0.2) is 39.2 Å². The van der Waals surface area contributed by atoms with Crippen LogP contribution in [0.3, 0.4) is 0 Å². The van der Waals surface area contributed by atoms with Gasteiger partial charge in [0.25, 0.3) is 0 Å². The molecule has 102 valence electrons. The van der Waals surface area contributed by atoms with Crippen LogP contribution in [0, 0.1) is 0 Å². The quantitative estimate of drug-likeness (QED) is 0.781. The molecule has 0 saturated carbocycles. The van der Waals surface area contributed by atoms with Crippen molar-refractivity contribution in [1.29, 1.82) is 0 Å². The summed E-state index contributed by atoms with van der Waals surface area (Å²) in [4.78, 5) is 2.31. The minimum absolute atomic E-state index is 0.137. The molecule has 2 aliphatic rings. The highest BCUT2D eigenvalue weighted by Gasteiger charge is 2.42. The average Bonchev–Trinajstić information content (AvgIpc) is 2.92. The van der Waals surface area contributed by atoms with Crippen molar-refractivity contribution >= 4 is 5.69 Å². The molecule has 0 aliphatic carbocycles. The van der Waals surface area contributed by atoms with Crippen molar-refractivity contribution in [3.05, 3.63) is 35.9 Å². The summed E-state index contributed by atoms with van der Waals surface area (Å²) < 4.78 is 16.5. The highest BCUT2D eigenvalue weighted by atomic mass is 16.7. The van der Waals surface area contributed by atoms with Crippen molar-refractivity contribution in [2.45, 2.75) is 19.3 Å². The van der Waals surface area contributed by atoms with Crippen molar-refractivity contribution in [3.63, 3.8) is 0 Å². The maximum atomic E-state index is 5.66. The zero-order valence-electron chi connectivity index (χ0n) is 11.3. The summed E-state index contributed by atoms with van der Waals surface area (Å²) in [6.45, 7) is 4.39. The minimum atomic E-state index is -0.137. The van der Waals surface area contributed by atoms with E-state index in [4.69, 9.17) is 14.2 Å². The average molecular weight is 261 g/mol. The maximum Gasteiger partial charge on any atom is 0.181 e. The first-order valence-corrected chi connectivity index (χ1v) is 6.62. The van der Waals surface area contributed by atoms with Gasteiger partial charge in [0, 0.05) is 12.2 Å². The van der Waals surface area contributed by atoms with Gasteiger partial charge in [-0.1, -0.05) is 6.08 Å². The van der Waals surface area contributed by atoms with Crippen LogP contribution in [0.1, 0.15) is 6.92 Å². The van der Waals surface area contributed by atoms with Gasteiger partial charge >= 0.3 is 0 Å². The summed E-state index contributed by atoms with van der Waals surface area (Å²) in [6.07, 6.45) is 2.03. The third-order valence-electron chi connectivity index (χ3n) is 3.75. The normalized spacial score (nSPS) is 25.7. The van der Waals surface area contributed by atoms with Gasteiger partial charge in [-0.25, -0.2) is 0 Å².